The van der Waals surface area contributed by atoms with Gasteiger partial charge in [0.15, 0.2) is 0 Å². The number of nitrogens with one attached hydrogen (secondary N) is 1. The minimum Gasteiger partial charge on any atom is -0.367 e. The molecule has 3 rings (SSSR count). The number of nitrogens with two attached hydrogens (primary N) is 1. The number of carbonyl (C=O) groups excluding carboxylic acids is 1. The standard InChI is InChI=1S/C20H27N5O.3ClH/c1-16(21)20(26)23-18-4-2-3-5-19(18)25-14-12-24(13-15-25)11-8-17-6-9-22-10-7-17;;;/h2-7,9-10,16H,8,11-15,21H2,1H3,(H,23,26);3*1H. The SMILES string of the molecule is CC(N)C(=O)Nc1ccccc1N1CCN(CCc2ccncc2)CC1.Cl.Cl.Cl. The number of hydrogen-bond donors (Lipinski definition) is 2. The van der Waals surface area contributed by atoms with Gasteiger partial charge in [-0.1, -0.05) is 12.1 Å². The van der Waals surface area contributed by atoms with Crippen LogP contribution in [-0.4, -0.2) is 54.6 Å². The van der Waals surface area contributed by atoms with E-state index >= 15 is 0 Å². The van der Waals surface area contributed by atoms with Crippen LogP contribution in [0, 0.1) is 0 Å². The molecule has 1 aromatic heterocycles. The lowest BCUT2D eigenvalue weighted by Gasteiger charge is -2.37. The van der Waals surface area contributed by atoms with Crippen LogP contribution in [0.4, 0.5) is 11.4 Å². The number of amides is 1. The van der Waals surface area contributed by atoms with Crippen molar-refractivity contribution in [1.82, 2.24) is 9.88 Å². The van der Waals surface area contributed by atoms with Gasteiger partial charge in [0.05, 0.1) is 17.4 Å². The van der Waals surface area contributed by atoms with E-state index in [-0.39, 0.29) is 43.1 Å². The zero-order chi connectivity index (χ0) is 18.4. The number of halogens is 3. The van der Waals surface area contributed by atoms with Crippen LogP contribution >= 0.6 is 37.2 Å². The summed E-state index contributed by atoms with van der Waals surface area (Å²) in [5, 5.41) is 2.94. The molecule has 2 heterocycles. The van der Waals surface area contributed by atoms with Crippen molar-refractivity contribution in [2.75, 3.05) is 42.9 Å². The van der Waals surface area contributed by atoms with Gasteiger partial charge in [0.1, 0.15) is 0 Å². The summed E-state index contributed by atoms with van der Waals surface area (Å²) in [5.74, 6) is -0.159. The number of para-hydroxylation sites is 2. The molecule has 0 bridgehead atoms. The summed E-state index contributed by atoms with van der Waals surface area (Å²) >= 11 is 0. The molecule has 1 saturated heterocycles. The topological polar surface area (TPSA) is 74.5 Å². The Morgan fingerprint density at radius 2 is 1.69 bits per heavy atom. The second kappa shape index (κ2) is 13.6. The van der Waals surface area contributed by atoms with E-state index in [2.05, 4.69) is 38.3 Å². The first-order valence-electron chi connectivity index (χ1n) is 9.15. The molecule has 6 nitrogen and oxygen atoms in total. The first kappa shape index (κ1) is 27.4. The lowest BCUT2D eigenvalue weighted by molar-refractivity contribution is -0.117. The molecule has 0 aliphatic carbocycles. The molecule has 1 aliphatic rings. The van der Waals surface area contributed by atoms with Crippen LogP contribution in [-0.2, 0) is 11.2 Å². The molecule has 1 atom stereocenters. The fourth-order valence-electron chi connectivity index (χ4n) is 3.15. The predicted octanol–water partition coefficient (Wildman–Crippen LogP) is 3.00. The Bertz CT molecular complexity index is 725. The van der Waals surface area contributed by atoms with Crippen molar-refractivity contribution in [3.63, 3.8) is 0 Å². The van der Waals surface area contributed by atoms with E-state index in [9.17, 15) is 4.79 Å². The second-order valence-corrected chi connectivity index (χ2v) is 6.73. The van der Waals surface area contributed by atoms with E-state index in [4.69, 9.17) is 5.73 Å². The highest BCUT2D eigenvalue weighted by Crippen LogP contribution is 2.26. The van der Waals surface area contributed by atoms with Gasteiger partial charge >= 0.3 is 0 Å². The normalized spacial score (nSPS) is 14.6. The molecule has 1 fully saturated rings. The van der Waals surface area contributed by atoms with Gasteiger partial charge in [0, 0.05) is 45.1 Å². The van der Waals surface area contributed by atoms with Gasteiger partial charge in [-0.15, -0.1) is 37.2 Å². The molecule has 1 unspecified atom stereocenters. The van der Waals surface area contributed by atoms with Crippen molar-refractivity contribution in [2.45, 2.75) is 19.4 Å². The Hall–Kier alpha value is -1.57. The van der Waals surface area contributed by atoms with Gasteiger partial charge in [-0.3, -0.25) is 14.7 Å². The summed E-state index contributed by atoms with van der Waals surface area (Å²) in [6.07, 6.45) is 4.74. The van der Waals surface area contributed by atoms with Crippen molar-refractivity contribution < 1.29 is 4.79 Å². The fraction of sp³-hybridized carbons (Fsp3) is 0.400. The van der Waals surface area contributed by atoms with E-state index in [0.29, 0.717) is 0 Å². The maximum atomic E-state index is 12.0. The minimum atomic E-state index is -0.520. The Kier molecular flexibility index (Phi) is 12.9. The van der Waals surface area contributed by atoms with Gasteiger partial charge < -0.3 is 16.0 Å². The van der Waals surface area contributed by atoms with Gasteiger partial charge in [-0.25, -0.2) is 0 Å². The highest BCUT2D eigenvalue weighted by atomic mass is 35.5. The van der Waals surface area contributed by atoms with Crippen LogP contribution in [0.2, 0.25) is 0 Å². The lowest BCUT2D eigenvalue weighted by atomic mass is 10.1. The first-order valence-corrected chi connectivity index (χ1v) is 9.15. The molecule has 162 valence electrons. The van der Waals surface area contributed by atoms with Crippen molar-refractivity contribution in [2.24, 2.45) is 5.73 Å². The van der Waals surface area contributed by atoms with Gasteiger partial charge in [-0.2, -0.15) is 0 Å². The van der Waals surface area contributed by atoms with Crippen LogP contribution in [0.15, 0.2) is 48.8 Å². The quantitative estimate of drug-likeness (QED) is 0.690. The molecule has 3 N–H and O–H groups in total. The Labute approximate surface area is 191 Å². The molecular formula is C20H30Cl3N5O. The van der Waals surface area contributed by atoms with E-state index in [0.717, 1.165) is 50.5 Å². The number of pyridine rings is 1. The van der Waals surface area contributed by atoms with E-state index in [1.54, 1.807) is 6.92 Å². The van der Waals surface area contributed by atoms with Gasteiger partial charge in [0.25, 0.3) is 0 Å². The third kappa shape index (κ3) is 7.99. The second-order valence-electron chi connectivity index (χ2n) is 6.73. The van der Waals surface area contributed by atoms with Crippen LogP contribution in [0.1, 0.15) is 12.5 Å². The van der Waals surface area contributed by atoms with Crippen molar-refractivity contribution in [3.8, 4) is 0 Å². The smallest absolute Gasteiger partial charge is 0.241 e. The number of benzene rings is 1. The Balaban J connectivity index is 0.00000261. The third-order valence-corrected chi connectivity index (χ3v) is 4.75. The molecule has 0 saturated carbocycles. The molecule has 1 amide bonds. The monoisotopic (exact) mass is 461 g/mol. The van der Waals surface area contributed by atoms with Crippen LogP contribution < -0.4 is 16.0 Å². The molecular weight excluding hydrogens is 433 g/mol. The molecule has 2 aromatic rings. The zero-order valence-corrected chi connectivity index (χ0v) is 18.9. The largest absolute Gasteiger partial charge is 0.367 e. The van der Waals surface area contributed by atoms with E-state index in [1.807, 2.05) is 30.6 Å². The predicted molar refractivity (Wildman–Crippen MR) is 127 cm³/mol. The average molecular weight is 463 g/mol. The molecule has 1 aliphatic heterocycles. The molecule has 0 radical (unpaired) electrons. The summed E-state index contributed by atoms with van der Waals surface area (Å²) in [4.78, 5) is 20.8. The highest BCUT2D eigenvalue weighted by molar-refractivity contribution is 5.97. The average Bonchev–Trinajstić information content (AvgIpc) is 2.68. The van der Waals surface area contributed by atoms with Crippen LogP contribution in [0.25, 0.3) is 0 Å². The highest BCUT2D eigenvalue weighted by Gasteiger charge is 2.20. The molecule has 0 spiro atoms. The van der Waals surface area contributed by atoms with Crippen molar-refractivity contribution >= 4 is 54.5 Å². The molecule has 9 heteroatoms. The summed E-state index contributed by atoms with van der Waals surface area (Å²) in [5.41, 5.74) is 8.90. The third-order valence-electron chi connectivity index (χ3n) is 4.75. The maximum absolute atomic E-state index is 12.0. The summed E-state index contributed by atoms with van der Waals surface area (Å²) < 4.78 is 0. The summed E-state index contributed by atoms with van der Waals surface area (Å²) in [6.45, 7) is 6.67. The minimum absolute atomic E-state index is 0. The van der Waals surface area contributed by atoms with E-state index < -0.39 is 6.04 Å². The van der Waals surface area contributed by atoms with Crippen LogP contribution in [0.3, 0.4) is 0 Å². The number of carbonyl (C=O) groups is 1. The summed E-state index contributed by atoms with van der Waals surface area (Å²) in [7, 11) is 0. The zero-order valence-electron chi connectivity index (χ0n) is 16.5. The van der Waals surface area contributed by atoms with Gasteiger partial charge in [-0.05, 0) is 43.2 Å². The molecule has 29 heavy (non-hydrogen) atoms. The number of piperazine rings is 1. The van der Waals surface area contributed by atoms with Crippen molar-refractivity contribution in [3.05, 3.63) is 54.4 Å². The Morgan fingerprint density at radius 1 is 1.07 bits per heavy atom. The van der Waals surface area contributed by atoms with E-state index in [1.165, 1.54) is 5.56 Å². The fourth-order valence-corrected chi connectivity index (χ4v) is 3.15. The van der Waals surface area contributed by atoms with Crippen LogP contribution in [0.5, 0.6) is 0 Å². The summed E-state index contributed by atoms with van der Waals surface area (Å²) in [6, 6.07) is 11.6. The number of rotatable bonds is 6. The van der Waals surface area contributed by atoms with Gasteiger partial charge in [0.2, 0.25) is 5.91 Å². The molecule has 1 aromatic carbocycles. The Morgan fingerprint density at radius 3 is 2.31 bits per heavy atom. The number of hydrogen-bond acceptors (Lipinski definition) is 5. The number of anilines is 2. The van der Waals surface area contributed by atoms with Crippen molar-refractivity contribution in [1.29, 1.82) is 0 Å². The first-order chi connectivity index (χ1) is 12.6. The number of nitrogens with zero attached hydrogens (tertiary/aromatic N) is 3. The lowest BCUT2D eigenvalue weighted by Crippen LogP contribution is -2.47. The number of aromatic nitrogens is 1. The maximum Gasteiger partial charge on any atom is 0.241 e.